The van der Waals surface area contributed by atoms with E-state index in [2.05, 4.69) is 10.6 Å². The number of methoxy groups -OCH3 is 1. The third-order valence-corrected chi connectivity index (χ3v) is 4.73. The van der Waals surface area contributed by atoms with Crippen LogP contribution in [0.5, 0.6) is 11.5 Å². The molecule has 1 aliphatic heterocycles. The van der Waals surface area contributed by atoms with E-state index >= 15 is 0 Å². The average molecular weight is 400 g/mol. The second kappa shape index (κ2) is 8.70. The van der Waals surface area contributed by atoms with Crippen molar-refractivity contribution < 1.29 is 19.1 Å². The Morgan fingerprint density at radius 1 is 1.22 bits per heavy atom. The lowest BCUT2D eigenvalue weighted by atomic mass is 10.2. The molecule has 0 radical (unpaired) electrons. The molecule has 0 atom stereocenters. The van der Waals surface area contributed by atoms with Crippen LogP contribution < -0.4 is 20.1 Å². The molecule has 1 heterocycles. The van der Waals surface area contributed by atoms with Gasteiger partial charge in [0.1, 0.15) is 15.8 Å². The maximum Gasteiger partial charge on any atom is 0.263 e. The van der Waals surface area contributed by atoms with E-state index in [9.17, 15) is 9.59 Å². The Labute approximate surface area is 165 Å². The summed E-state index contributed by atoms with van der Waals surface area (Å²) in [5, 5.41) is 5.31. The van der Waals surface area contributed by atoms with Crippen molar-refractivity contribution in [2.75, 3.05) is 19.0 Å². The molecule has 2 N–H and O–H groups in total. The van der Waals surface area contributed by atoms with Crippen molar-refractivity contribution in [3.8, 4) is 11.5 Å². The van der Waals surface area contributed by atoms with E-state index in [1.54, 1.807) is 49.6 Å². The van der Waals surface area contributed by atoms with Crippen molar-refractivity contribution in [3.05, 3.63) is 59.0 Å². The molecule has 8 heteroatoms. The molecule has 6 nitrogen and oxygen atoms in total. The van der Waals surface area contributed by atoms with E-state index in [1.165, 1.54) is 11.8 Å². The Morgan fingerprint density at radius 3 is 2.63 bits per heavy atom. The predicted molar refractivity (Wildman–Crippen MR) is 110 cm³/mol. The first kappa shape index (κ1) is 18.9. The fourth-order valence-electron chi connectivity index (χ4n) is 2.32. The summed E-state index contributed by atoms with van der Waals surface area (Å²) in [6.45, 7) is -0.134. The number of amides is 2. The fourth-order valence-corrected chi connectivity index (χ4v) is 3.36. The quantitative estimate of drug-likeness (QED) is 0.573. The summed E-state index contributed by atoms with van der Waals surface area (Å²) in [7, 11) is 1.54. The molecule has 2 amide bonds. The van der Waals surface area contributed by atoms with Gasteiger partial charge in [0.2, 0.25) is 0 Å². The van der Waals surface area contributed by atoms with Crippen LogP contribution in [-0.2, 0) is 9.59 Å². The largest absolute Gasteiger partial charge is 0.495 e. The molecular formula is C19H16N2O4S2. The molecule has 0 spiro atoms. The molecule has 0 saturated carbocycles. The van der Waals surface area contributed by atoms with Gasteiger partial charge >= 0.3 is 0 Å². The number of carbonyl (C=O) groups excluding carboxylic acids is 2. The van der Waals surface area contributed by atoms with E-state index in [-0.39, 0.29) is 18.4 Å². The number of ether oxygens (including phenoxy) is 2. The van der Waals surface area contributed by atoms with Crippen LogP contribution in [0.1, 0.15) is 5.56 Å². The lowest BCUT2D eigenvalue weighted by Gasteiger charge is -2.10. The highest BCUT2D eigenvalue weighted by molar-refractivity contribution is 8.26. The van der Waals surface area contributed by atoms with Gasteiger partial charge in [-0.3, -0.25) is 9.59 Å². The van der Waals surface area contributed by atoms with Crippen LogP contribution in [0.4, 0.5) is 5.69 Å². The van der Waals surface area contributed by atoms with Gasteiger partial charge in [-0.25, -0.2) is 0 Å². The molecule has 1 saturated heterocycles. The van der Waals surface area contributed by atoms with Crippen molar-refractivity contribution in [3.63, 3.8) is 0 Å². The first-order chi connectivity index (χ1) is 13.0. The summed E-state index contributed by atoms with van der Waals surface area (Å²) in [4.78, 5) is 24.3. The Hall–Kier alpha value is -2.84. The monoisotopic (exact) mass is 400 g/mol. The summed E-state index contributed by atoms with van der Waals surface area (Å²) in [5.41, 5.74) is 1.42. The Balaban J connectivity index is 1.56. The Morgan fingerprint density at radius 2 is 1.96 bits per heavy atom. The molecule has 0 unspecified atom stereocenters. The third-order valence-electron chi connectivity index (χ3n) is 3.57. The fraction of sp³-hybridized carbons (Fsp3) is 0.105. The molecule has 0 bridgehead atoms. The standard InChI is InChI=1S/C19H16N2O4S2/c1-24-15-5-3-2-4-14(15)20-17(22)11-25-13-8-6-12(7-9-13)10-16-18(23)21-19(26)27-16/h2-10H,11H2,1H3,(H,20,22)(H,21,23,26)/b16-10-. The summed E-state index contributed by atoms with van der Waals surface area (Å²) >= 11 is 6.18. The second-order valence-electron chi connectivity index (χ2n) is 5.46. The zero-order chi connectivity index (χ0) is 19.2. The number of thiocarbonyl (C=S) groups is 1. The van der Waals surface area contributed by atoms with Crippen LogP contribution in [-0.4, -0.2) is 29.9 Å². The summed E-state index contributed by atoms with van der Waals surface area (Å²) in [6, 6.07) is 14.2. The third kappa shape index (κ3) is 5.08. The van der Waals surface area contributed by atoms with E-state index in [1.807, 2.05) is 12.1 Å². The molecule has 2 aromatic rings. The summed E-state index contributed by atoms with van der Waals surface area (Å²) in [6.07, 6.45) is 1.75. The number of hydrogen-bond donors (Lipinski definition) is 2. The minimum absolute atomic E-state index is 0.134. The van der Waals surface area contributed by atoms with Crippen molar-refractivity contribution in [2.45, 2.75) is 0 Å². The predicted octanol–water partition coefficient (Wildman–Crippen LogP) is 3.20. The minimum atomic E-state index is -0.293. The number of anilines is 1. The molecular weight excluding hydrogens is 384 g/mol. The van der Waals surface area contributed by atoms with Crippen LogP contribution in [0.15, 0.2) is 53.4 Å². The number of carbonyl (C=O) groups is 2. The number of para-hydroxylation sites is 2. The van der Waals surface area contributed by atoms with Gasteiger partial charge in [-0.05, 0) is 35.9 Å². The molecule has 0 aliphatic carbocycles. The lowest BCUT2D eigenvalue weighted by molar-refractivity contribution is -0.118. The van der Waals surface area contributed by atoms with Crippen LogP contribution in [0.25, 0.3) is 6.08 Å². The highest BCUT2D eigenvalue weighted by Gasteiger charge is 2.21. The SMILES string of the molecule is COc1ccccc1NC(=O)COc1ccc(/C=C2\SC(=S)NC2=O)cc1. The van der Waals surface area contributed by atoms with Crippen molar-refractivity contribution in [1.29, 1.82) is 0 Å². The average Bonchev–Trinajstić information content (AvgIpc) is 2.98. The van der Waals surface area contributed by atoms with Gasteiger partial charge in [0, 0.05) is 0 Å². The van der Waals surface area contributed by atoms with E-state index < -0.39 is 0 Å². The van der Waals surface area contributed by atoms with Crippen molar-refractivity contribution in [1.82, 2.24) is 5.32 Å². The Bertz CT molecular complexity index is 910. The highest BCUT2D eigenvalue weighted by atomic mass is 32.2. The van der Waals surface area contributed by atoms with E-state index in [0.29, 0.717) is 26.4 Å². The summed E-state index contributed by atoms with van der Waals surface area (Å²) < 4.78 is 11.1. The molecule has 2 aromatic carbocycles. The van der Waals surface area contributed by atoms with Crippen LogP contribution in [0.2, 0.25) is 0 Å². The molecule has 1 fully saturated rings. The van der Waals surface area contributed by atoms with Gasteiger partial charge < -0.3 is 20.1 Å². The van der Waals surface area contributed by atoms with Gasteiger partial charge in [0.05, 0.1) is 17.7 Å². The van der Waals surface area contributed by atoms with E-state index in [4.69, 9.17) is 21.7 Å². The minimum Gasteiger partial charge on any atom is -0.495 e. The number of rotatable bonds is 6. The van der Waals surface area contributed by atoms with Gasteiger partial charge in [0.15, 0.2) is 6.61 Å². The first-order valence-corrected chi connectivity index (χ1v) is 9.18. The van der Waals surface area contributed by atoms with Crippen LogP contribution in [0.3, 0.4) is 0 Å². The summed E-state index contributed by atoms with van der Waals surface area (Å²) in [5.74, 6) is 0.638. The first-order valence-electron chi connectivity index (χ1n) is 7.96. The van der Waals surface area contributed by atoms with Crippen molar-refractivity contribution in [2.24, 2.45) is 0 Å². The van der Waals surface area contributed by atoms with Gasteiger partial charge in [-0.15, -0.1) is 0 Å². The topological polar surface area (TPSA) is 76.7 Å². The number of benzene rings is 2. The van der Waals surface area contributed by atoms with E-state index in [0.717, 1.165) is 5.56 Å². The molecule has 3 rings (SSSR count). The van der Waals surface area contributed by atoms with Gasteiger partial charge in [-0.2, -0.15) is 0 Å². The highest BCUT2D eigenvalue weighted by Crippen LogP contribution is 2.26. The molecule has 0 aromatic heterocycles. The van der Waals surface area contributed by atoms with Gasteiger partial charge in [-0.1, -0.05) is 48.2 Å². The normalized spacial score (nSPS) is 14.8. The smallest absolute Gasteiger partial charge is 0.263 e. The molecule has 138 valence electrons. The van der Waals surface area contributed by atoms with Crippen LogP contribution in [0, 0.1) is 0 Å². The zero-order valence-corrected chi connectivity index (χ0v) is 16.0. The Kier molecular flexibility index (Phi) is 6.10. The van der Waals surface area contributed by atoms with Crippen molar-refractivity contribution >= 4 is 51.9 Å². The molecule has 27 heavy (non-hydrogen) atoms. The van der Waals surface area contributed by atoms with Crippen LogP contribution >= 0.6 is 24.0 Å². The number of hydrogen-bond acceptors (Lipinski definition) is 6. The maximum absolute atomic E-state index is 12.1. The second-order valence-corrected chi connectivity index (χ2v) is 7.18. The molecule has 1 aliphatic rings. The number of nitrogens with one attached hydrogen (secondary N) is 2. The number of thioether (sulfide) groups is 1. The van der Waals surface area contributed by atoms with Gasteiger partial charge in [0.25, 0.3) is 11.8 Å². The lowest BCUT2D eigenvalue weighted by Crippen LogP contribution is -2.20. The maximum atomic E-state index is 12.1. The zero-order valence-electron chi connectivity index (χ0n) is 14.4.